The molecule has 1 aromatic carbocycles. The van der Waals surface area contributed by atoms with Crippen LogP contribution in [0, 0.1) is 5.82 Å². The number of carbonyl (C=O) groups excluding carboxylic acids is 1. The Kier molecular flexibility index (Phi) is 6.74. The van der Waals surface area contributed by atoms with Crippen molar-refractivity contribution in [3.05, 3.63) is 41.7 Å². The smallest absolute Gasteiger partial charge is 0.246 e. The van der Waals surface area contributed by atoms with Crippen LogP contribution in [-0.2, 0) is 9.53 Å². The maximum atomic E-state index is 13.2. The first kappa shape index (κ1) is 17.6. The Morgan fingerprint density at radius 3 is 2.83 bits per heavy atom. The number of halogens is 1. The summed E-state index contributed by atoms with van der Waals surface area (Å²) in [6, 6.07) is 6.26. The summed E-state index contributed by atoms with van der Waals surface area (Å²) in [5.74, 6) is -0.343. The number of amides is 1. The molecule has 4 nitrogen and oxygen atoms in total. The lowest BCUT2D eigenvalue weighted by atomic mass is 10.1. The third kappa shape index (κ3) is 5.44. The van der Waals surface area contributed by atoms with E-state index in [-0.39, 0.29) is 24.4 Å². The summed E-state index contributed by atoms with van der Waals surface area (Å²) in [6.45, 7) is 3.84. The molecule has 0 aliphatic carbocycles. The molecular formula is C18H24FNO3. The first-order valence-electron chi connectivity index (χ1n) is 8.05. The third-order valence-electron chi connectivity index (χ3n) is 4.03. The average molecular weight is 321 g/mol. The fourth-order valence-electron chi connectivity index (χ4n) is 2.65. The second kappa shape index (κ2) is 8.79. The van der Waals surface area contributed by atoms with Crippen LogP contribution in [0.25, 0.3) is 5.57 Å². The maximum Gasteiger partial charge on any atom is 0.246 e. The Balaban J connectivity index is 1.86. The predicted molar refractivity (Wildman–Crippen MR) is 87.3 cm³/mol. The van der Waals surface area contributed by atoms with E-state index < -0.39 is 0 Å². The number of piperidine rings is 1. The zero-order chi connectivity index (χ0) is 16.7. The zero-order valence-corrected chi connectivity index (χ0v) is 13.5. The lowest BCUT2D eigenvalue weighted by molar-refractivity contribution is -0.128. The van der Waals surface area contributed by atoms with Gasteiger partial charge in [0.25, 0.3) is 0 Å². The van der Waals surface area contributed by atoms with Gasteiger partial charge in [0.1, 0.15) is 5.82 Å². The van der Waals surface area contributed by atoms with Gasteiger partial charge in [0.15, 0.2) is 0 Å². The summed E-state index contributed by atoms with van der Waals surface area (Å²) in [7, 11) is 0. The fourth-order valence-corrected chi connectivity index (χ4v) is 2.65. The van der Waals surface area contributed by atoms with Gasteiger partial charge in [-0.15, -0.1) is 0 Å². The van der Waals surface area contributed by atoms with Gasteiger partial charge in [0.05, 0.1) is 6.10 Å². The Bertz CT molecular complexity index is 551. The number of likely N-dealkylation sites (tertiary alicyclic amines) is 1. The summed E-state index contributed by atoms with van der Waals surface area (Å²) in [5.41, 5.74) is 1.48. The number of aliphatic hydroxyl groups excluding tert-OH is 1. The van der Waals surface area contributed by atoms with Gasteiger partial charge in [0.2, 0.25) is 5.91 Å². The molecule has 1 amide bonds. The Labute approximate surface area is 136 Å². The van der Waals surface area contributed by atoms with Crippen LogP contribution in [0.5, 0.6) is 0 Å². The van der Waals surface area contributed by atoms with Crippen molar-refractivity contribution in [2.75, 3.05) is 26.3 Å². The molecule has 0 radical (unpaired) electrons. The van der Waals surface area contributed by atoms with Crippen LogP contribution in [0.3, 0.4) is 0 Å². The summed E-state index contributed by atoms with van der Waals surface area (Å²) < 4.78 is 18.9. The lowest BCUT2D eigenvalue weighted by Gasteiger charge is -2.31. The highest BCUT2D eigenvalue weighted by Gasteiger charge is 2.22. The van der Waals surface area contributed by atoms with Crippen LogP contribution < -0.4 is 0 Å². The molecule has 0 bridgehead atoms. The van der Waals surface area contributed by atoms with Crippen molar-refractivity contribution in [1.82, 2.24) is 4.90 Å². The highest BCUT2D eigenvalue weighted by Crippen LogP contribution is 2.18. The average Bonchev–Trinajstić information content (AvgIpc) is 2.55. The summed E-state index contributed by atoms with van der Waals surface area (Å²) in [4.78, 5) is 14.1. The van der Waals surface area contributed by atoms with Gasteiger partial charge in [-0.2, -0.15) is 0 Å². The molecule has 1 N–H and O–H groups in total. The Morgan fingerprint density at radius 1 is 1.43 bits per heavy atom. The molecule has 1 saturated heterocycles. The molecule has 1 fully saturated rings. The predicted octanol–water partition coefficient (Wildman–Crippen LogP) is 2.62. The highest BCUT2D eigenvalue weighted by atomic mass is 19.1. The zero-order valence-electron chi connectivity index (χ0n) is 13.5. The second-order valence-corrected chi connectivity index (χ2v) is 5.81. The number of hydrogen-bond donors (Lipinski definition) is 1. The second-order valence-electron chi connectivity index (χ2n) is 5.81. The van der Waals surface area contributed by atoms with E-state index in [1.54, 1.807) is 23.1 Å². The van der Waals surface area contributed by atoms with Gasteiger partial charge in [-0.1, -0.05) is 12.1 Å². The third-order valence-corrected chi connectivity index (χ3v) is 4.03. The Morgan fingerprint density at radius 2 is 2.17 bits per heavy atom. The topological polar surface area (TPSA) is 49.8 Å². The van der Waals surface area contributed by atoms with Crippen LogP contribution in [0.4, 0.5) is 4.39 Å². The van der Waals surface area contributed by atoms with Crippen molar-refractivity contribution in [2.24, 2.45) is 0 Å². The van der Waals surface area contributed by atoms with Crippen LogP contribution >= 0.6 is 0 Å². The van der Waals surface area contributed by atoms with Gasteiger partial charge < -0.3 is 14.7 Å². The lowest BCUT2D eigenvalue weighted by Crippen LogP contribution is -2.40. The number of hydrogen-bond acceptors (Lipinski definition) is 3. The first-order chi connectivity index (χ1) is 11.1. The number of ether oxygens (including phenoxy) is 1. The monoisotopic (exact) mass is 321 g/mol. The molecule has 1 aromatic rings. The van der Waals surface area contributed by atoms with Crippen LogP contribution in [0.15, 0.2) is 30.3 Å². The number of aliphatic hydroxyl groups is 1. The molecule has 0 spiro atoms. The highest BCUT2D eigenvalue weighted by molar-refractivity contribution is 5.94. The summed E-state index contributed by atoms with van der Waals surface area (Å²) in [5, 5.41) is 8.74. The molecule has 1 aliphatic heterocycles. The van der Waals surface area contributed by atoms with Crippen molar-refractivity contribution < 1.29 is 19.0 Å². The van der Waals surface area contributed by atoms with Crippen LogP contribution in [-0.4, -0.2) is 48.3 Å². The van der Waals surface area contributed by atoms with E-state index in [2.05, 4.69) is 0 Å². The van der Waals surface area contributed by atoms with E-state index in [9.17, 15) is 9.18 Å². The molecule has 0 saturated carbocycles. The van der Waals surface area contributed by atoms with E-state index in [0.717, 1.165) is 24.0 Å². The number of allylic oxidation sites excluding steroid dienone is 1. The van der Waals surface area contributed by atoms with Gasteiger partial charge in [0, 0.05) is 32.4 Å². The van der Waals surface area contributed by atoms with Crippen molar-refractivity contribution in [2.45, 2.75) is 32.3 Å². The van der Waals surface area contributed by atoms with Crippen molar-refractivity contribution >= 4 is 11.5 Å². The molecule has 126 valence electrons. The van der Waals surface area contributed by atoms with Crippen LogP contribution in [0.2, 0.25) is 0 Å². The van der Waals surface area contributed by atoms with Gasteiger partial charge in [-0.25, -0.2) is 4.39 Å². The maximum absolute atomic E-state index is 13.2. The fraction of sp³-hybridized carbons (Fsp3) is 0.500. The molecular weight excluding hydrogens is 297 g/mol. The van der Waals surface area contributed by atoms with E-state index in [0.29, 0.717) is 26.1 Å². The van der Waals surface area contributed by atoms with E-state index in [1.165, 1.54) is 12.1 Å². The summed E-state index contributed by atoms with van der Waals surface area (Å²) >= 11 is 0. The molecule has 1 heterocycles. The first-order valence-corrected chi connectivity index (χ1v) is 8.05. The normalized spacial score (nSPS) is 16.7. The molecule has 0 atom stereocenters. The van der Waals surface area contributed by atoms with E-state index >= 15 is 0 Å². The number of rotatable bonds is 6. The largest absolute Gasteiger partial charge is 0.396 e. The van der Waals surface area contributed by atoms with E-state index in [1.807, 2.05) is 6.92 Å². The van der Waals surface area contributed by atoms with Gasteiger partial charge >= 0.3 is 0 Å². The number of benzene rings is 1. The summed E-state index contributed by atoms with van der Waals surface area (Å²) in [6.07, 6.45) is 4.00. The molecule has 2 rings (SSSR count). The Hall–Kier alpha value is -1.72. The molecule has 1 aliphatic rings. The molecule has 5 heteroatoms. The van der Waals surface area contributed by atoms with Crippen LogP contribution in [0.1, 0.15) is 31.7 Å². The molecule has 0 unspecified atom stereocenters. The molecule has 0 aromatic heterocycles. The van der Waals surface area contributed by atoms with Gasteiger partial charge in [-0.05, 0) is 49.5 Å². The quantitative estimate of drug-likeness (QED) is 0.647. The van der Waals surface area contributed by atoms with Crippen molar-refractivity contribution in [3.8, 4) is 0 Å². The minimum Gasteiger partial charge on any atom is -0.396 e. The minimum absolute atomic E-state index is 0.0411. The molecule has 23 heavy (non-hydrogen) atoms. The van der Waals surface area contributed by atoms with Crippen molar-refractivity contribution in [1.29, 1.82) is 0 Å². The number of nitrogens with zero attached hydrogens (tertiary/aromatic N) is 1. The van der Waals surface area contributed by atoms with Gasteiger partial charge in [-0.3, -0.25) is 4.79 Å². The SMILES string of the molecule is C/C(=C/C(=O)N1CCC(OCCCO)CC1)c1cccc(F)c1. The minimum atomic E-state index is -0.302. The standard InChI is InChI=1S/C18H24FNO3/c1-14(15-4-2-5-16(19)13-15)12-18(22)20-8-6-17(7-9-20)23-11-3-10-21/h2,4-5,12-13,17,21H,3,6-11H2,1H3/b14-12-. The van der Waals surface area contributed by atoms with E-state index in [4.69, 9.17) is 9.84 Å². The number of carbonyl (C=O) groups is 1. The van der Waals surface area contributed by atoms with Crippen molar-refractivity contribution in [3.63, 3.8) is 0 Å².